The molecule has 9 nitrogen and oxygen atoms in total. The molecule has 168 valence electrons. The number of carbonyl (C=O) groups is 1. The Hall–Kier alpha value is -3.75. The number of aromatic nitrogens is 2. The second-order valence-electron chi connectivity index (χ2n) is 7.65. The summed E-state index contributed by atoms with van der Waals surface area (Å²) in [6, 6.07) is 12.1. The van der Waals surface area contributed by atoms with Crippen LogP contribution in [0.25, 0.3) is 11.4 Å². The lowest BCUT2D eigenvalue weighted by molar-refractivity contribution is -0.385. The van der Waals surface area contributed by atoms with Gasteiger partial charge in [-0.25, -0.2) is 0 Å². The molecule has 0 saturated carbocycles. The van der Waals surface area contributed by atoms with Gasteiger partial charge in [0.2, 0.25) is 11.7 Å². The number of ether oxygens (including phenoxy) is 1. The smallest absolute Gasteiger partial charge is 0.272 e. The molecule has 2 aromatic carbocycles. The summed E-state index contributed by atoms with van der Waals surface area (Å²) in [5, 5.41) is 15.0. The van der Waals surface area contributed by atoms with E-state index in [2.05, 4.69) is 10.1 Å². The quantitative estimate of drug-likeness (QED) is 0.358. The van der Waals surface area contributed by atoms with Gasteiger partial charge in [0.25, 0.3) is 11.6 Å². The first kappa shape index (κ1) is 22.9. The van der Waals surface area contributed by atoms with Crippen molar-refractivity contribution in [2.24, 2.45) is 0 Å². The summed E-state index contributed by atoms with van der Waals surface area (Å²) >= 11 is 0. The molecule has 3 aromatic rings. The fourth-order valence-electron chi connectivity index (χ4n) is 3.15. The third-order valence-electron chi connectivity index (χ3n) is 5.25. The average molecular weight is 438 g/mol. The van der Waals surface area contributed by atoms with E-state index < -0.39 is 4.92 Å². The molecule has 0 aliphatic rings. The van der Waals surface area contributed by atoms with Crippen molar-refractivity contribution in [1.82, 2.24) is 15.0 Å². The van der Waals surface area contributed by atoms with E-state index in [0.717, 1.165) is 17.5 Å². The normalized spacial score (nSPS) is 11.8. The number of carbonyl (C=O) groups excluding carboxylic acids is 1. The molecule has 1 amide bonds. The highest BCUT2D eigenvalue weighted by molar-refractivity contribution is 5.78. The van der Waals surface area contributed by atoms with Crippen molar-refractivity contribution in [2.75, 3.05) is 6.61 Å². The van der Waals surface area contributed by atoms with Gasteiger partial charge in [-0.05, 0) is 39.3 Å². The number of nitro groups is 1. The highest BCUT2D eigenvalue weighted by Crippen LogP contribution is 2.23. The van der Waals surface area contributed by atoms with Crippen molar-refractivity contribution < 1.29 is 19.0 Å². The maximum absolute atomic E-state index is 12.9. The van der Waals surface area contributed by atoms with Crippen LogP contribution >= 0.6 is 0 Å². The van der Waals surface area contributed by atoms with Gasteiger partial charge in [0.05, 0.1) is 4.92 Å². The number of hydrogen-bond acceptors (Lipinski definition) is 7. The number of amides is 1. The molecule has 1 atom stereocenters. The van der Waals surface area contributed by atoms with Crippen LogP contribution < -0.4 is 4.74 Å². The minimum atomic E-state index is -0.454. The lowest BCUT2D eigenvalue weighted by atomic mass is 10.1. The Morgan fingerprint density at radius 3 is 2.56 bits per heavy atom. The van der Waals surface area contributed by atoms with E-state index in [1.165, 1.54) is 12.1 Å². The summed E-state index contributed by atoms with van der Waals surface area (Å²) in [4.78, 5) is 29.5. The van der Waals surface area contributed by atoms with Crippen LogP contribution in [0.5, 0.6) is 5.75 Å². The molecule has 0 spiro atoms. The molecule has 0 N–H and O–H groups in total. The van der Waals surface area contributed by atoms with Gasteiger partial charge in [-0.1, -0.05) is 41.9 Å². The number of hydrogen-bond donors (Lipinski definition) is 0. The van der Waals surface area contributed by atoms with Crippen LogP contribution in [-0.4, -0.2) is 38.5 Å². The molecule has 0 bridgehead atoms. The van der Waals surface area contributed by atoms with Gasteiger partial charge in [0, 0.05) is 23.2 Å². The molecular formula is C23H26N4O5. The van der Waals surface area contributed by atoms with Crippen LogP contribution in [0.15, 0.2) is 47.0 Å². The highest BCUT2D eigenvalue weighted by Gasteiger charge is 2.23. The summed E-state index contributed by atoms with van der Waals surface area (Å²) in [7, 11) is 0. The molecule has 0 fully saturated rings. The van der Waals surface area contributed by atoms with Crippen molar-refractivity contribution in [3.63, 3.8) is 0 Å². The first-order chi connectivity index (χ1) is 15.3. The van der Waals surface area contributed by atoms with Crippen LogP contribution in [0, 0.1) is 24.0 Å². The SMILES string of the molecule is CC[C@@H](C)N(Cc1nc(-c2ccc(C)cc2)no1)C(=O)COc1ccc([N+](=O)[O-])c(C)c1. The van der Waals surface area contributed by atoms with E-state index in [-0.39, 0.29) is 30.8 Å². The van der Waals surface area contributed by atoms with Gasteiger partial charge in [-0.3, -0.25) is 14.9 Å². The molecule has 3 rings (SSSR count). The Bertz CT molecular complexity index is 1090. The van der Waals surface area contributed by atoms with Crippen LogP contribution in [-0.2, 0) is 11.3 Å². The lowest BCUT2D eigenvalue weighted by Crippen LogP contribution is -2.40. The minimum absolute atomic E-state index is 0.00526. The van der Waals surface area contributed by atoms with Crippen LogP contribution in [0.1, 0.15) is 37.3 Å². The van der Waals surface area contributed by atoms with Crippen LogP contribution in [0.3, 0.4) is 0 Å². The third-order valence-corrected chi connectivity index (χ3v) is 5.25. The van der Waals surface area contributed by atoms with Crippen molar-refractivity contribution in [3.8, 4) is 17.1 Å². The maximum Gasteiger partial charge on any atom is 0.272 e. The molecule has 0 unspecified atom stereocenters. The Balaban J connectivity index is 1.68. The summed E-state index contributed by atoms with van der Waals surface area (Å²) in [6.07, 6.45) is 0.737. The van der Waals surface area contributed by atoms with E-state index in [0.29, 0.717) is 23.0 Å². The molecular weight excluding hydrogens is 412 g/mol. The number of nitrogens with zero attached hydrogens (tertiary/aromatic N) is 4. The topological polar surface area (TPSA) is 112 Å². The fourth-order valence-corrected chi connectivity index (χ4v) is 3.15. The molecule has 0 saturated heterocycles. The zero-order valence-electron chi connectivity index (χ0n) is 18.6. The van der Waals surface area contributed by atoms with Gasteiger partial charge in [0.1, 0.15) is 12.3 Å². The standard InChI is InChI=1S/C23H26N4O5/c1-5-17(4)26(13-21-24-23(25-32-21)18-8-6-15(2)7-9-18)22(28)14-31-19-10-11-20(27(29)30)16(3)12-19/h6-12,17H,5,13-14H2,1-4H3/t17-/m1/s1. The second kappa shape index (κ2) is 10.0. The first-order valence-electron chi connectivity index (χ1n) is 10.4. The predicted octanol–water partition coefficient (Wildman–Crippen LogP) is 4.47. The Morgan fingerprint density at radius 2 is 1.94 bits per heavy atom. The highest BCUT2D eigenvalue weighted by atomic mass is 16.6. The third kappa shape index (κ3) is 5.48. The minimum Gasteiger partial charge on any atom is -0.484 e. The predicted molar refractivity (Wildman–Crippen MR) is 118 cm³/mol. The van der Waals surface area contributed by atoms with E-state index in [1.807, 2.05) is 45.0 Å². The first-order valence-corrected chi connectivity index (χ1v) is 10.4. The van der Waals surface area contributed by atoms with Crippen LogP contribution in [0.2, 0.25) is 0 Å². The molecule has 0 radical (unpaired) electrons. The van der Waals surface area contributed by atoms with Crippen molar-refractivity contribution >= 4 is 11.6 Å². The Kier molecular flexibility index (Phi) is 7.19. The van der Waals surface area contributed by atoms with Crippen LogP contribution in [0.4, 0.5) is 5.69 Å². The zero-order valence-corrected chi connectivity index (χ0v) is 18.6. The van der Waals surface area contributed by atoms with Gasteiger partial charge in [-0.15, -0.1) is 0 Å². The largest absolute Gasteiger partial charge is 0.484 e. The zero-order chi connectivity index (χ0) is 23.3. The monoisotopic (exact) mass is 438 g/mol. The van der Waals surface area contributed by atoms with E-state index in [9.17, 15) is 14.9 Å². The summed E-state index contributed by atoms with van der Waals surface area (Å²) in [5.74, 6) is 0.949. The molecule has 9 heteroatoms. The number of rotatable bonds is 9. The fraction of sp³-hybridized carbons (Fsp3) is 0.348. The van der Waals surface area contributed by atoms with Crippen molar-refractivity contribution in [1.29, 1.82) is 0 Å². The van der Waals surface area contributed by atoms with Crippen molar-refractivity contribution in [2.45, 2.75) is 46.7 Å². The number of aryl methyl sites for hydroxylation is 2. The number of benzene rings is 2. The van der Waals surface area contributed by atoms with E-state index in [1.54, 1.807) is 17.9 Å². The second-order valence-corrected chi connectivity index (χ2v) is 7.65. The van der Waals surface area contributed by atoms with Gasteiger partial charge >= 0.3 is 0 Å². The molecule has 1 aromatic heterocycles. The van der Waals surface area contributed by atoms with Gasteiger partial charge < -0.3 is 14.2 Å². The molecule has 0 aliphatic carbocycles. The molecule has 1 heterocycles. The molecule has 0 aliphatic heterocycles. The Labute approximate surface area is 186 Å². The van der Waals surface area contributed by atoms with Crippen molar-refractivity contribution in [3.05, 3.63) is 69.6 Å². The van der Waals surface area contributed by atoms with Gasteiger partial charge in [0.15, 0.2) is 6.61 Å². The summed E-state index contributed by atoms with van der Waals surface area (Å²) < 4.78 is 11.0. The number of nitro benzene ring substituents is 1. The molecule has 32 heavy (non-hydrogen) atoms. The summed E-state index contributed by atoms with van der Waals surface area (Å²) in [6.45, 7) is 7.50. The van der Waals surface area contributed by atoms with E-state index in [4.69, 9.17) is 9.26 Å². The Morgan fingerprint density at radius 1 is 1.22 bits per heavy atom. The summed E-state index contributed by atoms with van der Waals surface area (Å²) in [5.41, 5.74) is 2.44. The maximum atomic E-state index is 12.9. The van der Waals surface area contributed by atoms with Gasteiger partial charge in [-0.2, -0.15) is 4.98 Å². The lowest BCUT2D eigenvalue weighted by Gasteiger charge is -2.27. The average Bonchev–Trinajstić information content (AvgIpc) is 3.24. The van der Waals surface area contributed by atoms with E-state index >= 15 is 0 Å².